The highest BCUT2D eigenvalue weighted by Gasteiger charge is 2.18. The normalized spacial score (nSPS) is 10.5. The van der Waals surface area contributed by atoms with E-state index in [-0.39, 0.29) is 12.3 Å². The minimum absolute atomic E-state index is 0.0240. The third kappa shape index (κ3) is 5.71. The average Bonchev–Trinajstić information content (AvgIpc) is 3.40. The van der Waals surface area contributed by atoms with E-state index in [9.17, 15) is 14.4 Å². The number of hydrogen-bond acceptors (Lipinski definition) is 6. The fourth-order valence-electron chi connectivity index (χ4n) is 2.49. The number of hydrogen-bond donors (Lipinski definition) is 1. The minimum Gasteiger partial charge on any atom is -0.452 e. The molecular formula is C20H19ClN4O5. The van der Waals surface area contributed by atoms with Gasteiger partial charge in [-0.3, -0.25) is 14.3 Å². The lowest BCUT2D eigenvalue weighted by Crippen LogP contribution is -2.37. The Bertz CT molecular complexity index is 1030. The van der Waals surface area contributed by atoms with E-state index in [2.05, 4.69) is 10.4 Å². The van der Waals surface area contributed by atoms with Gasteiger partial charge in [-0.2, -0.15) is 5.10 Å². The maximum Gasteiger partial charge on any atom is 0.374 e. The topological polar surface area (TPSA) is 107 Å². The highest BCUT2D eigenvalue weighted by molar-refractivity contribution is 6.33. The van der Waals surface area contributed by atoms with Gasteiger partial charge in [0.25, 0.3) is 5.91 Å². The molecule has 0 unspecified atom stereocenters. The van der Waals surface area contributed by atoms with Crippen molar-refractivity contribution in [3.63, 3.8) is 0 Å². The molecule has 9 nitrogen and oxygen atoms in total. The van der Waals surface area contributed by atoms with Crippen LogP contribution in [0, 0.1) is 0 Å². The number of benzene rings is 1. The van der Waals surface area contributed by atoms with Gasteiger partial charge in [-0.1, -0.05) is 23.7 Å². The summed E-state index contributed by atoms with van der Waals surface area (Å²) in [6, 6.07) is 11.6. The standard InChI is InChI=1S/C20H19ClN4O5/c1-24(12-18(26)23-16-6-3-2-5-15(16)21)19(27)13-29-20(28)17-8-7-14(30-17)11-25-10-4-9-22-25/h2-10H,11-13H2,1H3,(H,23,26). The molecular weight excluding hydrogens is 412 g/mol. The highest BCUT2D eigenvalue weighted by atomic mass is 35.5. The first-order valence-corrected chi connectivity index (χ1v) is 9.32. The molecule has 0 atom stereocenters. The molecule has 0 saturated heterocycles. The monoisotopic (exact) mass is 430 g/mol. The SMILES string of the molecule is CN(CC(=O)Nc1ccccc1Cl)C(=O)COC(=O)c1ccc(Cn2cccn2)o1. The smallest absolute Gasteiger partial charge is 0.374 e. The molecule has 2 amide bonds. The molecule has 0 radical (unpaired) electrons. The Morgan fingerprint density at radius 2 is 2.00 bits per heavy atom. The van der Waals surface area contributed by atoms with Crippen molar-refractivity contribution in [2.75, 3.05) is 25.5 Å². The second-order valence-electron chi connectivity index (χ2n) is 6.32. The van der Waals surface area contributed by atoms with Gasteiger partial charge in [-0.05, 0) is 30.3 Å². The molecule has 0 fully saturated rings. The molecule has 30 heavy (non-hydrogen) atoms. The number of carbonyl (C=O) groups excluding carboxylic acids is 3. The quantitative estimate of drug-likeness (QED) is 0.550. The number of rotatable bonds is 8. The number of nitrogens with zero attached hydrogens (tertiary/aromatic N) is 3. The highest BCUT2D eigenvalue weighted by Crippen LogP contribution is 2.20. The summed E-state index contributed by atoms with van der Waals surface area (Å²) < 4.78 is 12.0. The van der Waals surface area contributed by atoms with Gasteiger partial charge in [0, 0.05) is 19.4 Å². The number of aromatic nitrogens is 2. The molecule has 3 rings (SSSR count). The molecule has 2 heterocycles. The first-order valence-electron chi connectivity index (χ1n) is 8.94. The summed E-state index contributed by atoms with van der Waals surface area (Å²) >= 11 is 5.98. The maximum atomic E-state index is 12.2. The van der Waals surface area contributed by atoms with Gasteiger partial charge in [0.2, 0.25) is 11.7 Å². The lowest BCUT2D eigenvalue weighted by molar-refractivity contribution is -0.136. The van der Waals surface area contributed by atoms with E-state index in [1.807, 2.05) is 0 Å². The van der Waals surface area contributed by atoms with Crippen LogP contribution in [-0.4, -0.2) is 52.7 Å². The third-order valence-electron chi connectivity index (χ3n) is 4.02. The summed E-state index contributed by atoms with van der Waals surface area (Å²) in [5.74, 6) is -1.25. The van der Waals surface area contributed by atoms with E-state index in [4.69, 9.17) is 20.8 Å². The average molecular weight is 431 g/mol. The van der Waals surface area contributed by atoms with E-state index in [1.54, 1.807) is 53.5 Å². The molecule has 0 spiro atoms. The first kappa shape index (κ1) is 21.1. The number of para-hydroxylation sites is 1. The Balaban J connectivity index is 1.45. The van der Waals surface area contributed by atoms with Crippen molar-refractivity contribution >= 4 is 35.1 Å². The first-order chi connectivity index (χ1) is 14.4. The van der Waals surface area contributed by atoms with Gasteiger partial charge < -0.3 is 19.4 Å². The molecule has 1 aromatic carbocycles. The second-order valence-corrected chi connectivity index (χ2v) is 6.73. The third-order valence-corrected chi connectivity index (χ3v) is 4.35. The van der Waals surface area contributed by atoms with Gasteiger partial charge in [0.05, 0.1) is 23.8 Å². The number of esters is 1. The van der Waals surface area contributed by atoms with Gasteiger partial charge in [-0.25, -0.2) is 4.79 Å². The van der Waals surface area contributed by atoms with Crippen molar-refractivity contribution in [1.82, 2.24) is 14.7 Å². The summed E-state index contributed by atoms with van der Waals surface area (Å²) in [7, 11) is 1.43. The zero-order valence-electron chi connectivity index (χ0n) is 16.1. The predicted molar refractivity (Wildman–Crippen MR) is 108 cm³/mol. The van der Waals surface area contributed by atoms with E-state index in [0.29, 0.717) is 23.0 Å². The summed E-state index contributed by atoms with van der Waals surface area (Å²) in [5.41, 5.74) is 0.445. The van der Waals surface area contributed by atoms with Gasteiger partial charge in [0.15, 0.2) is 6.61 Å². The van der Waals surface area contributed by atoms with Crippen molar-refractivity contribution in [1.29, 1.82) is 0 Å². The number of furan rings is 1. The molecule has 10 heteroatoms. The van der Waals surface area contributed by atoms with Crippen LogP contribution in [0.3, 0.4) is 0 Å². The summed E-state index contributed by atoms with van der Waals surface area (Å²) in [4.78, 5) is 37.5. The fourth-order valence-corrected chi connectivity index (χ4v) is 2.67. The molecule has 0 aliphatic heterocycles. The van der Waals surface area contributed by atoms with Crippen LogP contribution in [0.2, 0.25) is 5.02 Å². The van der Waals surface area contributed by atoms with Crippen molar-refractivity contribution in [3.8, 4) is 0 Å². The molecule has 0 aliphatic carbocycles. The predicted octanol–water partition coefficient (Wildman–Crippen LogP) is 2.43. The molecule has 0 bridgehead atoms. The van der Waals surface area contributed by atoms with Crippen molar-refractivity contribution < 1.29 is 23.5 Å². The lowest BCUT2D eigenvalue weighted by atomic mass is 10.3. The van der Waals surface area contributed by atoms with Crippen LogP contribution in [0.25, 0.3) is 0 Å². The fraction of sp³-hybridized carbons (Fsp3) is 0.200. The Morgan fingerprint density at radius 3 is 2.73 bits per heavy atom. The number of anilines is 1. The van der Waals surface area contributed by atoms with Crippen LogP contribution in [-0.2, 0) is 20.9 Å². The second kappa shape index (κ2) is 9.75. The summed E-state index contributed by atoms with van der Waals surface area (Å²) in [6.45, 7) is -0.386. The van der Waals surface area contributed by atoms with Crippen molar-refractivity contribution in [2.45, 2.75) is 6.54 Å². The molecule has 0 aliphatic rings. The molecule has 0 saturated carbocycles. The van der Waals surface area contributed by atoms with Crippen molar-refractivity contribution in [3.05, 3.63) is 71.4 Å². The number of ether oxygens (including phenoxy) is 1. The van der Waals surface area contributed by atoms with Crippen LogP contribution in [0.5, 0.6) is 0 Å². The van der Waals surface area contributed by atoms with Crippen molar-refractivity contribution in [2.24, 2.45) is 0 Å². The number of carbonyl (C=O) groups is 3. The number of halogens is 1. The van der Waals surface area contributed by atoms with Crippen LogP contribution in [0.4, 0.5) is 5.69 Å². The Kier molecular flexibility index (Phi) is 6.87. The summed E-state index contributed by atoms with van der Waals surface area (Å²) in [5, 5.41) is 7.05. The van der Waals surface area contributed by atoms with Crippen LogP contribution in [0.1, 0.15) is 16.3 Å². The van der Waals surface area contributed by atoms with Crippen LogP contribution < -0.4 is 5.32 Å². The van der Waals surface area contributed by atoms with Gasteiger partial charge in [0.1, 0.15) is 5.76 Å². The number of amides is 2. The number of nitrogens with one attached hydrogen (secondary N) is 1. The maximum absolute atomic E-state index is 12.2. The van der Waals surface area contributed by atoms with Gasteiger partial charge >= 0.3 is 5.97 Å². The molecule has 2 aromatic heterocycles. The molecule has 1 N–H and O–H groups in total. The zero-order valence-corrected chi connectivity index (χ0v) is 16.8. The Labute approximate surface area is 177 Å². The Morgan fingerprint density at radius 1 is 1.20 bits per heavy atom. The van der Waals surface area contributed by atoms with E-state index in [1.165, 1.54) is 13.1 Å². The molecule has 156 valence electrons. The largest absolute Gasteiger partial charge is 0.452 e. The molecule has 3 aromatic rings. The Hall–Kier alpha value is -3.59. The van der Waals surface area contributed by atoms with E-state index in [0.717, 1.165) is 4.90 Å². The summed E-state index contributed by atoms with van der Waals surface area (Å²) in [6.07, 6.45) is 3.39. The van der Waals surface area contributed by atoms with E-state index >= 15 is 0 Å². The zero-order chi connectivity index (χ0) is 21.5. The number of likely N-dealkylation sites (N-methyl/N-ethyl adjacent to an activating group) is 1. The van der Waals surface area contributed by atoms with E-state index < -0.39 is 24.4 Å². The lowest BCUT2D eigenvalue weighted by Gasteiger charge is -2.17. The van der Waals surface area contributed by atoms with Crippen LogP contribution in [0.15, 0.2) is 59.3 Å². The minimum atomic E-state index is -0.774. The van der Waals surface area contributed by atoms with Gasteiger partial charge in [-0.15, -0.1) is 0 Å². The van der Waals surface area contributed by atoms with Crippen LogP contribution >= 0.6 is 11.6 Å².